The molecule has 104 valence electrons. The van der Waals surface area contributed by atoms with Gasteiger partial charge in [0.05, 0.1) is 0 Å². The number of carbonyl (C=O) groups is 1. The Hall–Kier alpha value is -1.55. The topological polar surface area (TPSA) is 50.4 Å². The number of hydrogen-bond acceptors (Lipinski definition) is 3. The molecule has 4 nitrogen and oxygen atoms in total. The number of amides is 1. The highest BCUT2D eigenvalue weighted by atomic mass is 16.5. The van der Waals surface area contributed by atoms with Crippen molar-refractivity contribution < 1.29 is 9.53 Å². The fourth-order valence-electron chi connectivity index (χ4n) is 2.25. The van der Waals surface area contributed by atoms with Crippen molar-refractivity contribution in [3.63, 3.8) is 0 Å². The Morgan fingerprint density at radius 2 is 2.16 bits per heavy atom. The van der Waals surface area contributed by atoms with Crippen LogP contribution in [0.25, 0.3) is 0 Å². The van der Waals surface area contributed by atoms with E-state index in [4.69, 9.17) is 4.74 Å². The number of anilines is 1. The summed E-state index contributed by atoms with van der Waals surface area (Å²) in [5.41, 5.74) is 1.72. The minimum absolute atomic E-state index is 0.0165. The van der Waals surface area contributed by atoms with Gasteiger partial charge in [-0.15, -0.1) is 0 Å². The molecule has 0 aromatic heterocycles. The molecule has 0 aliphatic carbocycles. The third kappa shape index (κ3) is 4.24. The molecule has 1 amide bonds. The predicted octanol–water partition coefficient (Wildman–Crippen LogP) is 2.27. The summed E-state index contributed by atoms with van der Waals surface area (Å²) in [6.45, 7) is 5.25. The molecule has 1 aromatic carbocycles. The van der Waals surface area contributed by atoms with Crippen molar-refractivity contribution in [2.24, 2.45) is 5.92 Å². The Balaban J connectivity index is 1.89. The van der Waals surface area contributed by atoms with Crippen LogP contribution < -0.4 is 10.6 Å². The number of hydrogen-bond donors (Lipinski definition) is 2. The van der Waals surface area contributed by atoms with E-state index < -0.39 is 0 Å². The van der Waals surface area contributed by atoms with Crippen LogP contribution in [-0.4, -0.2) is 32.2 Å². The highest BCUT2D eigenvalue weighted by molar-refractivity contribution is 5.95. The lowest BCUT2D eigenvalue weighted by Gasteiger charge is -2.22. The van der Waals surface area contributed by atoms with Gasteiger partial charge in [-0.1, -0.05) is 6.07 Å². The molecule has 0 spiro atoms. The Labute approximate surface area is 114 Å². The first-order valence-electron chi connectivity index (χ1n) is 6.99. The molecule has 1 fully saturated rings. The summed E-state index contributed by atoms with van der Waals surface area (Å²) in [5.74, 6) is 0.652. The van der Waals surface area contributed by atoms with E-state index in [-0.39, 0.29) is 5.91 Å². The SMILES string of the molecule is CCNC(=O)c1cccc(NCC2CCOCC2)c1. The largest absolute Gasteiger partial charge is 0.385 e. The molecular weight excluding hydrogens is 240 g/mol. The van der Waals surface area contributed by atoms with Crippen LogP contribution in [-0.2, 0) is 4.74 Å². The molecule has 0 bridgehead atoms. The normalized spacial score (nSPS) is 16.1. The van der Waals surface area contributed by atoms with Crippen molar-refractivity contribution in [2.75, 3.05) is 31.6 Å². The molecule has 1 aliphatic heterocycles. The van der Waals surface area contributed by atoms with Gasteiger partial charge in [0.2, 0.25) is 0 Å². The maximum Gasteiger partial charge on any atom is 0.251 e. The molecule has 4 heteroatoms. The number of nitrogens with one attached hydrogen (secondary N) is 2. The fraction of sp³-hybridized carbons (Fsp3) is 0.533. The van der Waals surface area contributed by atoms with E-state index in [1.54, 1.807) is 0 Å². The van der Waals surface area contributed by atoms with Gasteiger partial charge in [0, 0.05) is 37.6 Å². The second-order valence-electron chi connectivity index (χ2n) is 4.88. The summed E-state index contributed by atoms with van der Waals surface area (Å²) in [6, 6.07) is 7.66. The number of rotatable bonds is 5. The Bertz CT molecular complexity index is 414. The number of benzene rings is 1. The van der Waals surface area contributed by atoms with Crippen LogP contribution >= 0.6 is 0 Å². The van der Waals surface area contributed by atoms with E-state index in [2.05, 4.69) is 10.6 Å². The second kappa shape index (κ2) is 7.14. The van der Waals surface area contributed by atoms with Crippen molar-refractivity contribution >= 4 is 11.6 Å². The van der Waals surface area contributed by atoms with Crippen molar-refractivity contribution in [3.8, 4) is 0 Å². The first-order valence-corrected chi connectivity index (χ1v) is 6.99. The van der Waals surface area contributed by atoms with E-state index in [0.717, 1.165) is 38.3 Å². The third-order valence-electron chi connectivity index (χ3n) is 3.40. The van der Waals surface area contributed by atoms with Gasteiger partial charge in [-0.25, -0.2) is 0 Å². The first kappa shape index (κ1) is 13.9. The van der Waals surface area contributed by atoms with Crippen LogP contribution in [0.15, 0.2) is 24.3 Å². The van der Waals surface area contributed by atoms with Crippen molar-refractivity contribution in [1.29, 1.82) is 0 Å². The molecule has 0 atom stereocenters. The van der Waals surface area contributed by atoms with Gasteiger partial charge in [0.15, 0.2) is 0 Å². The van der Waals surface area contributed by atoms with Gasteiger partial charge in [0.25, 0.3) is 5.91 Å². The minimum atomic E-state index is -0.0165. The van der Waals surface area contributed by atoms with Gasteiger partial charge < -0.3 is 15.4 Å². The monoisotopic (exact) mass is 262 g/mol. The molecule has 19 heavy (non-hydrogen) atoms. The lowest BCUT2D eigenvalue weighted by molar-refractivity contribution is 0.0699. The Morgan fingerprint density at radius 3 is 2.89 bits per heavy atom. The Morgan fingerprint density at radius 1 is 1.37 bits per heavy atom. The predicted molar refractivity (Wildman–Crippen MR) is 76.5 cm³/mol. The summed E-state index contributed by atoms with van der Waals surface area (Å²) in [4.78, 5) is 11.7. The second-order valence-corrected chi connectivity index (χ2v) is 4.88. The average Bonchev–Trinajstić information content (AvgIpc) is 2.47. The maximum absolute atomic E-state index is 11.7. The standard InChI is InChI=1S/C15H22N2O2/c1-2-16-15(18)13-4-3-5-14(10-13)17-11-12-6-8-19-9-7-12/h3-5,10,12,17H,2,6-9,11H2,1H3,(H,16,18). The van der Waals surface area contributed by atoms with Crippen LogP contribution in [0.2, 0.25) is 0 Å². The average molecular weight is 262 g/mol. The number of carbonyl (C=O) groups excluding carboxylic acids is 1. The van der Waals surface area contributed by atoms with E-state index in [1.165, 1.54) is 0 Å². The van der Waals surface area contributed by atoms with E-state index in [0.29, 0.717) is 18.0 Å². The van der Waals surface area contributed by atoms with Gasteiger partial charge in [-0.2, -0.15) is 0 Å². The molecular formula is C15H22N2O2. The van der Waals surface area contributed by atoms with Crippen molar-refractivity contribution in [1.82, 2.24) is 5.32 Å². The lowest BCUT2D eigenvalue weighted by Crippen LogP contribution is -2.24. The van der Waals surface area contributed by atoms with Crippen molar-refractivity contribution in [3.05, 3.63) is 29.8 Å². The summed E-state index contributed by atoms with van der Waals surface area (Å²) in [5, 5.41) is 6.23. The number of ether oxygens (including phenoxy) is 1. The zero-order valence-electron chi connectivity index (χ0n) is 11.4. The molecule has 1 aromatic rings. The van der Waals surface area contributed by atoms with Gasteiger partial charge in [-0.3, -0.25) is 4.79 Å². The molecule has 2 rings (SSSR count). The zero-order valence-corrected chi connectivity index (χ0v) is 11.4. The minimum Gasteiger partial charge on any atom is -0.385 e. The summed E-state index contributed by atoms with van der Waals surface area (Å²) in [6.07, 6.45) is 2.23. The lowest BCUT2D eigenvalue weighted by atomic mass is 10.0. The third-order valence-corrected chi connectivity index (χ3v) is 3.40. The summed E-state index contributed by atoms with van der Waals surface area (Å²) in [7, 11) is 0. The smallest absolute Gasteiger partial charge is 0.251 e. The molecule has 0 radical (unpaired) electrons. The maximum atomic E-state index is 11.7. The van der Waals surface area contributed by atoms with Crippen LogP contribution in [0, 0.1) is 5.92 Å². The van der Waals surface area contributed by atoms with Gasteiger partial charge in [-0.05, 0) is 43.9 Å². The molecule has 1 heterocycles. The van der Waals surface area contributed by atoms with E-state index >= 15 is 0 Å². The summed E-state index contributed by atoms with van der Waals surface area (Å²) < 4.78 is 5.35. The van der Waals surface area contributed by atoms with Crippen LogP contribution in [0.3, 0.4) is 0 Å². The van der Waals surface area contributed by atoms with E-state index in [9.17, 15) is 4.79 Å². The Kier molecular flexibility index (Phi) is 5.21. The van der Waals surface area contributed by atoms with Crippen molar-refractivity contribution in [2.45, 2.75) is 19.8 Å². The zero-order chi connectivity index (χ0) is 13.5. The van der Waals surface area contributed by atoms with Crippen LogP contribution in [0.5, 0.6) is 0 Å². The highest BCUT2D eigenvalue weighted by Gasteiger charge is 2.13. The molecule has 2 N–H and O–H groups in total. The highest BCUT2D eigenvalue weighted by Crippen LogP contribution is 2.17. The summed E-state index contributed by atoms with van der Waals surface area (Å²) >= 11 is 0. The quantitative estimate of drug-likeness (QED) is 0.856. The first-order chi connectivity index (χ1) is 9.29. The van der Waals surface area contributed by atoms with Gasteiger partial charge in [0.1, 0.15) is 0 Å². The molecule has 0 unspecified atom stereocenters. The van der Waals surface area contributed by atoms with E-state index in [1.807, 2.05) is 31.2 Å². The van der Waals surface area contributed by atoms with Crippen LogP contribution in [0.4, 0.5) is 5.69 Å². The van der Waals surface area contributed by atoms with Crippen LogP contribution in [0.1, 0.15) is 30.1 Å². The van der Waals surface area contributed by atoms with Gasteiger partial charge >= 0.3 is 0 Å². The molecule has 0 saturated carbocycles. The molecule has 1 aliphatic rings. The fourth-order valence-corrected chi connectivity index (χ4v) is 2.25. The molecule has 1 saturated heterocycles.